The number of halogens is 1. The largest absolute Gasteiger partial charge is 0.354 e. The average molecular weight is 613 g/mol. The number of amides is 3. The van der Waals surface area contributed by atoms with Crippen molar-refractivity contribution in [3.05, 3.63) is 112 Å². The van der Waals surface area contributed by atoms with Crippen molar-refractivity contribution in [3.8, 4) is 0 Å². The molecule has 41 heavy (non-hydrogen) atoms. The fourth-order valence-electron chi connectivity index (χ4n) is 5.49. The Labute approximate surface area is 249 Å². The van der Waals surface area contributed by atoms with Crippen LogP contribution in [0.4, 0.5) is 5.69 Å². The van der Waals surface area contributed by atoms with Crippen LogP contribution in [-0.4, -0.2) is 41.8 Å². The average Bonchev–Trinajstić information content (AvgIpc) is 3.26. The zero-order chi connectivity index (χ0) is 28.8. The number of carbonyl (C=O) groups excluding carboxylic acids is 3. The molecule has 7 heteroatoms. The lowest BCUT2D eigenvalue weighted by molar-refractivity contribution is -0.141. The first-order valence-electron chi connectivity index (χ1n) is 14.2. The van der Waals surface area contributed by atoms with E-state index in [4.69, 9.17) is 0 Å². The van der Waals surface area contributed by atoms with Gasteiger partial charge in [0.05, 0.1) is 5.69 Å². The van der Waals surface area contributed by atoms with Gasteiger partial charge in [0.2, 0.25) is 11.8 Å². The first-order valence-corrected chi connectivity index (χ1v) is 14.9. The van der Waals surface area contributed by atoms with Crippen LogP contribution in [0.1, 0.15) is 47.7 Å². The molecule has 1 N–H and O–H groups in total. The second-order valence-electron chi connectivity index (χ2n) is 10.4. The summed E-state index contributed by atoms with van der Waals surface area (Å²) in [5.74, 6) is -0.299. The van der Waals surface area contributed by atoms with E-state index in [0.29, 0.717) is 38.0 Å². The first-order chi connectivity index (χ1) is 20.0. The molecule has 210 valence electrons. The molecule has 0 unspecified atom stereocenters. The van der Waals surface area contributed by atoms with E-state index in [9.17, 15) is 14.4 Å². The summed E-state index contributed by atoms with van der Waals surface area (Å²) in [4.78, 5) is 44.2. The van der Waals surface area contributed by atoms with Crippen LogP contribution in [0.2, 0.25) is 0 Å². The molecule has 1 aliphatic heterocycles. The number of rotatable bonds is 12. The van der Waals surface area contributed by atoms with E-state index in [1.54, 1.807) is 9.80 Å². The van der Waals surface area contributed by atoms with Crippen LogP contribution in [0.25, 0.3) is 10.8 Å². The van der Waals surface area contributed by atoms with Gasteiger partial charge in [-0.25, -0.2) is 0 Å². The standard InChI is InChI=1S/C34H34BrN3O3/c1-2-19-36-33(40)30(22-24-10-4-3-5-11-24)38(23-25-12-6-15-27(35)21-25)31(39)18-9-20-37-29-17-8-14-26-13-7-16-28(32(26)29)34(37)41/h3-8,10-17,21,30H,2,9,18-20,22-23H2,1H3,(H,36,40)/t30-/m1/s1. The molecule has 0 fully saturated rings. The smallest absolute Gasteiger partial charge is 0.258 e. The Balaban J connectivity index is 1.37. The molecule has 3 amide bonds. The number of anilines is 1. The molecule has 0 aliphatic carbocycles. The third-order valence-corrected chi connectivity index (χ3v) is 7.98. The molecule has 1 heterocycles. The second kappa shape index (κ2) is 13.1. The first kappa shape index (κ1) is 28.6. The summed E-state index contributed by atoms with van der Waals surface area (Å²) < 4.78 is 0.915. The number of carbonyl (C=O) groups is 3. The van der Waals surface area contributed by atoms with Crippen LogP contribution in [0.5, 0.6) is 0 Å². The van der Waals surface area contributed by atoms with Crippen LogP contribution in [0.15, 0.2) is 95.5 Å². The van der Waals surface area contributed by atoms with Crippen molar-refractivity contribution in [2.45, 2.75) is 45.2 Å². The zero-order valence-corrected chi connectivity index (χ0v) is 24.8. The Morgan fingerprint density at radius 1 is 0.927 bits per heavy atom. The second-order valence-corrected chi connectivity index (χ2v) is 11.3. The molecule has 4 aromatic carbocycles. The molecule has 0 spiro atoms. The van der Waals surface area contributed by atoms with E-state index in [0.717, 1.165) is 38.5 Å². The SMILES string of the molecule is CCCNC(=O)[C@@H](Cc1ccccc1)N(Cc1cccc(Br)c1)C(=O)CCCN1C(=O)c2cccc3cccc1c23. The van der Waals surface area contributed by atoms with Crippen molar-refractivity contribution in [1.29, 1.82) is 0 Å². The van der Waals surface area contributed by atoms with Crippen molar-refractivity contribution in [1.82, 2.24) is 10.2 Å². The molecular weight excluding hydrogens is 578 g/mol. The topological polar surface area (TPSA) is 69.7 Å². The fraction of sp³-hybridized carbons (Fsp3) is 0.265. The monoisotopic (exact) mass is 611 g/mol. The Morgan fingerprint density at radius 2 is 1.66 bits per heavy atom. The number of benzene rings is 4. The summed E-state index contributed by atoms with van der Waals surface area (Å²) in [6, 6.07) is 28.7. The highest BCUT2D eigenvalue weighted by Crippen LogP contribution is 2.37. The van der Waals surface area contributed by atoms with Gasteiger partial charge >= 0.3 is 0 Å². The van der Waals surface area contributed by atoms with Crippen LogP contribution >= 0.6 is 15.9 Å². The van der Waals surface area contributed by atoms with Crippen LogP contribution in [-0.2, 0) is 22.6 Å². The molecule has 0 aromatic heterocycles. The maximum atomic E-state index is 13.9. The zero-order valence-electron chi connectivity index (χ0n) is 23.2. The van der Waals surface area contributed by atoms with E-state index in [2.05, 4.69) is 21.2 Å². The third kappa shape index (κ3) is 6.51. The molecular formula is C34H34BrN3O3. The normalized spacial score (nSPS) is 12.9. The Bertz CT molecular complexity index is 1550. The number of hydrogen-bond acceptors (Lipinski definition) is 3. The minimum absolute atomic E-state index is 0.0314. The Hall–Kier alpha value is -3.97. The highest BCUT2D eigenvalue weighted by molar-refractivity contribution is 9.10. The maximum Gasteiger partial charge on any atom is 0.258 e. The third-order valence-electron chi connectivity index (χ3n) is 7.48. The van der Waals surface area contributed by atoms with Gasteiger partial charge in [0.1, 0.15) is 6.04 Å². The predicted octanol–water partition coefficient (Wildman–Crippen LogP) is 6.51. The van der Waals surface area contributed by atoms with Crippen molar-refractivity contribution in [3.63, 3.8) is 0 Å². The number of nitrogens with one attached hydrogen (secondary N) is 1. The minimum atomic E-state index is -0.665. The summed E-state index contributed by atoms with van der Waals surface area (Å²) in [5, 5.41) is 5.02. The lowest BCUT2D eigenvalue weighted by atomic mass is 10.0. The van der Waals surface area contributed by atoms with Gasteiger partial charge in [-0.15, -0.1) is 0 Å². The highest BCUT2D eigenvalue weighted by atomic mass is 79.9. The summed E-state index contributed by atoms with van der Waals surface area (Å²) in [6.07, 6.45) is 1.93. The molecule has 1 aliphatic rings. The summed E-state index contributed by atoms with van der Waals surface area (Å²) in [7, 11) is 0. The van der Waals surface area contributed by atoms with E-state index < -0.39 is 6.04 Å². The summed E-state index contributed by atoms with van der Waals surface area (Å²) in [6.45, 7) is 3.29. The van der Waals surface area contributed by atoms with Crippen molar-refractivity contribution in [2.75, 3.05) is 18.0 Å². The molecule has 4 aromatic rings. The minimum Gasteiger partial charge on any atom is -0.354 e. The molecule has 0 radical (unpaired) electrons. The van der Waals surface area contributed by atoms with Crippen LogP contribution in [0.3, 0.4) is 0 Å². The number of hydrogen-bond donors (Lipinski definition) is 1. The summed E-state index contributed by atoms with van der Waals surface area (Å²) in [5.41, 5.74) is 3.52. The van der Waals surface area contributed by atoms with Gasteiger partial charge in [0.15, 0.2) is 0 Å². The van der Waals surface area contributed by atoms with E-state index in [-0.39, 0.29) is 24.1 Å². The van der Waals surface area contributed by atoms with Gasteiger partial charge in [-0.2, -0.15) is 0 Å². The van der Waals surface area contributed by atoms with Crippen molar-refractivity contribution >= 4 is 50.1 Å². The molecule has 5 rings (SSSR count). The van der Waals surface area contributed by atoms with Crippen molar-refractivity contribution < 1.29 is 14.4 Å². The molecule has 6 nitrogen and oxygen atoms in total. The van der Waals surface area contributed by atoms with E-state index >= 15 is 0 Å². The molecule has 0 saturated carbocycles. The fourth-order valence-corrected chi connectivity index (χ4v) is 5.93. The van der Waals surface area contributed by atoms with Gasteiger partial charge in [0, 0.05) is 47.9 Å². The maximum absolute atomic E-state index is 13.9. The lowest BCUT2D eigenvalue weighted by Crippen LogP contribution is -2.50. The van der Waals surface area contributed by atoms with E-state index in [1.165, 1.54) is 0 Å². The molecule has 0 saturated heterocycles. The Morgan fingerprint density at radius 3 is 2.41 bits per heavy atom. The van der Waals surface area contributed by atoms with Crippen LogP contribution in [0, 0.1) is 0 Å². The van der Waals surface area contributed by atoms with E-state index in [1.807, 2.05) is 97.9 Å². The molecule has 0 bridgehead atoms. The Kier molecular flexibility index (Phi) is 9.14. The van der Waals surface area contributed by atoms with Gasteiger partial charge in [-0.3, -0.25) is 14.4 Å². The predicted molar refractivity (Wildman–Crippen MR) is 167 cm³/mol. The van der Waals surface area contributed by atoms with Gasteiger partial charge in [0.25, 0.3) is 5.91 Å². The highest BCUT2D eigenvalue weighted by Gasteiger charge is 2.32. The van der Waals surface area contributed by atoms with Crippen LogP contribution < -0.4 is 10.2 Å². The van der Waals surface area contributed by atoms with Crippen molar-refractivity contribution in [2.24, 2.45) is 0 Å². The van der Waals surface area contributed by atoms with Gasteiger partial charge in [-0.1, -0.05) is 89.6 Å². The quantitative estimate of drug-likeness (QED) is 0.198. The van der Waals surface area contributed by atoms with Gasteiger partial charge in [-0.05, 0) is 53.6 Å². The summed E-state index contributed by atoms with van der Waals surface area (Å²) >= 11 is 3.53. The lowest BCUT2D eigenvalue weighted by Gasteiger charge is -2.32. The number of nitrogens with zero attached hydrogens (tertiary/aromatic N) is 2. The molecule has 1 atom stereocenters. The van der Waals surface area contributed by atoms with Gasteiger partial charge < -0.3 is 15.1 Å².